The van der Waals surface area contributed by atoms with Gasteiger partial charge in [0.05, 0.1) is 5.69 Å². The molecule has 3 rings (SSSR count). The molecule has 18 heavy (non-hydrogen) atoms. The molecular formula is C14H17N3O. The highest BCUT2D eigenvalue weighted by Crippen LogP contribution is 2.38. The van der Waals surface area contributed by atoms with E-state index in [0.29, 0.717) is 0 Å². The summed E-state index contributed by atoms with van der Waals surface area (Å²) in [5.74, 6) is 0.0739. The van der Waals surface area contributed by atoms with Crippen molar-refractivity contribution in [3.05, 3.63) is 47.5 Å². The quantitative estimate of drug-likeness (QED) is 0.877. The molecule has 0 saturated heterocycles. The van der Waals surface area contributed by atoms with Crippen molar-refractivity contribution >= 4 is 0 Å². The van der Waals surface area contributed by atoms with Crippen molar-refractivity contribution in [3.63, 3.8) is 0 Å². The first-order valence-corrected chi connectivity index (χ1v) is 6.37. The maximum absolute atomic E-state index is 10.5. The van der Waals surface area contributed by atoms with E-state index in [0.717, 1.165) is 30.7 Å². The molecule has 0 spiro atoms. The lowest BCUT2D eigenvalue weighted by molar-refractivity contribution is 0.129. The second-order valence-corrected chi connectivity index (χ2v) is 4.91. The number of nitrogens with zero attached hydrogens (tertiary/aromatic N) is 3. The van der Waals surface area contributed by atoms with Crippen LogP contribution in [0.5, 0.6) is 0 Å². The van der Waals surface area contributed by atoms with Gasteiger partial charge in [-0.2, -0.15) is 5.10 Å². The monoisotopic (exact) mass is 243 g/mol. The third-order valence-electron chi connectivity index (χ3n) is 3.66. The van der Waals surface area contributed by atoms with Gasteiger partial charge in [0.2, 0.25) is 0 Å². The predicted molar refractivity (Wildman–Crippen MR) is 68.1 cm³/mol. The van der Waals surface area contributed by atoms with Gasteiger partial charge in [0.15, 0.2) is 0 Å². The molecule has 0 amide bonds. The van der Waals surface area contributed by atoms with Crippen molar-refractivity contribution in [3.8, 4) is 0 Å². The second-order valence-electron chi connectivity index (χ2n) is 4.91. The van der Waals surface area contributed by atoms with Gasteiger partial charge >= 0.3 is 0 Å². The molecular weight excluding hydrogens is 226 g/mol. The number of aliphatic hydroxyl groups is 1. The van der Waals surface area contributed by atoms with Crippen molar-refractivity contribution in [2.45, 2.75) is 31.3 Å². The van der Waals surface area contributed by atoms with Crippen LogP contribution in [0.1, 0.15) is 41.8 Å². The van der Waals surface area contributed by atoms with Crippen LogP contribution in [0, 0.1) is 0 Å². The topological polar surface area (TPSA) is 50.9 Å². The average Bonchev–Trinajstić information content (AvgIpc) is 2.84. The second kappa shape index (κ2) is 4.53. The lowest BCUT2D eigenvalue weighted by atomic mass is 9.82. The highest BCUT2D eigenvalue weighted by atomic mass is 16.3. The third-order valence-corrected chi connectivity index (χ3v) is 3.66. The molecule has 1 N–H and O–H groups in total. The van der Waals surface area contributed by atoms with Gasteiger partial charge in [0, 0.05) is 31.1 Å². The predicted octanol–water partition coefficient (Wildman–Crippen LogP) is 1.97. The largest absolute Gasteiger partial charge is 0.386 e. The maximum atomic E-state index is 10.5. The van der Waals surface area contributed by atoms with Crippen LogP contribution in [0.15, 0.2) is 30.6 Å². The van der Waals surface area contributed by atoms with Crippen LogP contribution in [0.2, 0.25) is 0 Å². The minimum atomic E-state index is -0.555. The van der Waals surface area contributed by atoms with E-state index in [1.54, 1.807) is 4.68 Å². The fourth-order valence-electron chi connectivity index (χ4n) is 2.75. The van der Waals surface area contributed by atoms with Gasteiger partial charge in [-0.15, -0.1) is 0 Å². The zero-order valence-electron chi connectivity index (χ0n) is 10.5. The number of aryl methyl sites for hydroxylation is 2. The Morgan fingerprint density at radius 3 is 3.11 bits per heavy atom. The number of rotatable bonds is 2. The van der Waals surface area contributed by atoms with Crippen LogP contribution >= 0.6 is 0 Å². The summed E-state index contributed by atoms with van der Waals surface area (Å²) < 4.78 is 1.72. The smallest absolute Gasteiger partial charge is 0.106 e. The van der Waals surface area contributed by atoms with Crippen molar-refractivity contribution < 1.29 is 5.11 Å². The van der Waals surface area contributed by atoms with Gasteiger partial charge in [0.25, 0.3) is 0 Å². The summed E-state index contributed by atoms with van der Waals surface area (Å²) in [5, 5.41) is 14.8. The molecule has 0 radical (unpaired) electrons. The summed E-state index contributed by atoms with van der Waals surface area (Å²) in [6.45, 7) is 0. The van der Waals surface area contributed by atoms with E-state index >= 15 is 0 Å². The number of hydrogen-bond donors (Lipinski definition) is 1. The molecule has 0 fully saturated rings. The van der Waals surface area contributed by atoms with Crippen LogP contribution < -0.4 is 0 Å². The Balaban J connectivity index is 1.94. The van der Waals surface area contributed by atoms with E-state index in [-0.39, 0.29) is 5.92 Å². The Labute approximate surface area is 106 Å². The highest BCUT2D eigenvalue weighted by molar-refractivity contribution is 5.28. The Hall–Kier alpha value is -1.68. The number of hydrogen-bond acceptors (Lipinski definition) is 3. The van der Waals surface area contributed by atoms with E-state index in [4.69, 9.17) is 0 Å². The van der Waals surface area contributed by atoms with E-state index in [9.17, 15) is 5.11 Å². The SMILES string of the molecule is Cn1ccc(C(O)C2CCCc3cccnc32)n1. The molecule has 0 saturated carbocycles. The zero-order chi connectivity index (χ0) is 12.5. The summed E-state index contributed by atoms with van der Waals surface area (Å²) in [6.07, 6.45) is 6.26. The fraction of sp³-hybridized carbons (Fsp3) is 0.429. The van der Waals surface area contributed by atoms with Gasteiger partial charge in [-0.3, -0.25) is 9.67 Å². The Morgan fingerprint density at radius 2 is 2.33 bits per heavy atom. The summed E-state index contributed by atoms with van der Waals surface area (Å²) in [4.78, 5) is 4.46. The minimum absolute atomic E-state index is 0.0739. The highest BCUT2D eigenvalue weighted by Gasteiger charge is 2.29. The molecule has 2 heterocycles. The summed E-state index contributed by atoms with van der Waals surface area (Å²) in [7, 11) is 1.86. The maximum Gasteiger partial charge on any atom is 0.106 e. The Bertz CT molecular complexity index is 549. The van der Waals surface area contributed by atoms with E-state index in [1.807, 2.05) is 31.6 Å². The molecule has 0 bridgehead atoms. The van der Waals surface area contributed by atoms with Crippen LogP contribution in [0.25, 0.3) is 0 Å². The number of aromatic nitrogens is 3. The molecule has 2 aromatic heterocycles. The molecule has 0 aliphatic heterocycles. The minimum Gasteiger partial charge on any atom is -0.386 e. The Kier molecular flexibility index (Phi) is 2.88. The van der Waals surface area contributed by atoms with Crippen molar-refractivity contribution in [2.75, 3.05) is 0 Å². The molecule has 4 nitrogen and oxygen atoms in total. The molecule has 1 aliphatic rings. The normalized spacial score (nSPS) is 20.4. The summed E-state index contributed by atoms with van der Waals surface area (Å²) >= 11 is 0. The summed E-state index contributed by atoms with van der Waals surface area (Å²) in [5.41, 5.74) is 3.05. The Morgan fingerprint density at radius 1 is 1.44 bits per heavy atom. The van der Waals surface area contributed by atoms with Crippen LogP contribution in [0.3, 0.4) is 0 Å². The molecule has 94 valence electrons. The van der Waals surface area contributed by atoms with Gasteiger partial charge in [-0.25, -0.2) is 0 Å². The van der Waals surface area contributed by atoms with Crippen molar-refractivity contribution in [2.24, 2.45) is 7.05 Å². The molecule has 2 atom stereocenters. The van der Waals surface area contributed by atoms with Crippen molar-refractivity contribution in [1.82, 2.24) is 14.8 Å². The molecule has 4 heteroatoms. The number of pyridine rings is 1. The molecule has 0 aromatic carbocycles. The number of fused-ring (bicyclic) bond motifs is 1. The zero-order valence-corrected chi connectivity index (χ0v) is 10.5. The number of aliphatic hydroxyl groups excluding tert-OH is 1. The first-order chi connectivity index (χ1) is 8.75. The van der Waals surface area contributed by atoms with Gasteiger partial charge in [0.1, 0.15) is 6.10 Å². The van der Waals surface area contributed by atoms with E-state index < -0.39 is 6.10 Å². The molecule has 2 aromatic rings. The standard InChI is InChI=1S/C14H17N3O/c1-17-9-7-12(16-17)14(18)11-6-2-4-10-5-3-8-15-13(10)11/h3,5,7-9,11,14,18H,2,4,6H2,1H3. The van der Waals surface area contributed by atoms with E-state index in [1.165, 1.54) is 5.56 Å². The van der Waals surface area contributed by atoms with Gasteiger partial charge in [-0.05, 0) is 37.0 Å². The van der Waals surface area contributed by atoms with Crippen molar-refractivity contribution in [1.29, 1.82) is 0 Å². The lowest BCUT2D eigenvalue weighted by Gasteiger charge is -2.27. The average molecular weight is 243 g/mol. The van der Waals surface area contributed by atoms with Gasteiger partial charge in [-0.1, -0.05) is 6.07 Å². The molecule has 2 unspecified atom stereocenters. The van der Waals surface area contributed by atoms with E-state index in [2.05, 4.69) is 16.1 Å². The lowest BCUT2D eigenvalue weighted by Crippen LogP contribution is -2.19. The summed E-state index contributed by atoms with van der Waals surface area (Å²) in [6, 6.07) is 5.95. The van der Waals surface area contributed by atoms with Gasteiger partial charge < -0.3 is 5.11 Å². The van der Waals surface area contributed by atoms with Crippen LogP contribution in [0.4, 0.5) is 0 Å². The fourth-order valence-corrected chi connectivity index (χ4v) is 2.75. The first-order valence-electron chi connectivity index (χ1n) is 6.37. The van der Waals surface area contributed by atoms with Crippen LogP contribution in [-0.4, -0.2) is 19.9 Å². The molecule has 1 aliphatic carbocycles. The van der Waals surface area contributed by atoms with Crippen LogP contribution in [-0.2, 0) is 13.5 Å². The first kappa shape index (κ1) is 11.4. The third kappa shape index (κ3) is 1.93.